The number of carbonyl (C=O) groups is 1. The maximum atomic E-state index is 11.9. The molecule has 1 aromatic rings. The van der Waals surface area contributed by atoms with Crippen LogP contribution in [0, 0.1) is 5.92 Å². The molecule has 1 aromatic carbocycles. The third-order valence-electron chi connectivity index (χ3n) is 3.55. The second kappa shape index (κ2) is 4.31. The molecular formula is C13H15ClO4. The van der Waals surface area contributed by atoms with Crippen LogP contribution in [-0.4, -0.2) is 32.5 Å². The fourth-order valence-corrected chi connectivity index (χ4v) is 2.55. The van der Waals surface area contributed by atoms with E-state index in [1.165, 1.54) is 0 Å². The van der Waals surface area contributed by atoms with Gasteiger partial charge < -0.3 is 15.3 Å². The van der Waals surface area contributed by atoms with Crippen LogP contribution in [-0.2, 0) is 11.2 Å². The molecule has 0 aliphatic heterocycles. The van der Waals surface area contributed by atoms with E-state index in [0.29, 0.717) is 5.02 Å². The minimum atomic E-state index is -2.43. The Morgan fingerprint density at radius 3 is 2.28 bits per heavy atom. The smallest absolute Gasteiger partial charge is 0.227 e. The van der Waals surface area contributed by atoms with Crippen LogP contribution in [0.5, 0.6) is 0 Å². The van der Waals surface area contributed by atoms with Gasteiger partial charge in [0.2, 0.25) is 11.6 Å². The summed E-state index contributed by atoms with van der Waals surface area (Å²) < 4.78 is 0. The van der Waals surface area contributed by atoms with E-state index >= 15 is 0 Å². The summed E-state index contributed by atoms with van der Waals surface area (Å²) in [5.74, 6) is -3.88. The molecule has 0 aromatic heterocycles. The number of carbonyl (C=O) groups excluding carboxylic acids is 1. The van der Waals surface area contributed by atoms with E-state index in [0.717, 1.165) is 5.56 Å². The van der Waals surface area contributed by atoms with E-state index < -0.39 is 23.1 Å². The van der Waals surface area contributed by atoms with E-state index in [9.17, 15) is 20.1 Å². The number of halogens is 1. The minimum absolute atomic E-state index is 0.0486. The monoisotopic (exact) mass is 270 g/mol. The predicted molar refractivity (Wildman–Crippen MR) is 66.1 cm³/mol. The number of aliphatic hydroxyl groups is 3. The Hall–Kier alpha value is -0.940. The van der Waals surface area contributed by atoms with Gasteiger partial charge in [0.25, 0.3) is 0 Å². The maximum absolute atomic E-state index is 11.9. The second-order valence-corrected chi connectivity index (χ2v) is 5.41. The Bertz CT molecular complexity index is 468. The molecule has 0 bridgehead atoms. The highest BCUT2D eigenvalue weighted by Crippen LogP contribution is 2.39. The van der Waals surface area contributed by atoms with Crippen LogP contribution in [0.25, 0.3) is 0 Å². The van der Waals surface area contributed by atoms with Gasteiger partial charge in [-0.15, -0.1) is 0 Å². The number of hydrogen-bond acceptors (Lipinski definition) is 4. The lowest BCUT2D eigenvalue weighted by Gasteiger charge is -2.26. The number of Topliss-reactive ketones (excluding diaryl/α,β-unsaturated/α-hetero) is 1. The lowest BCUT2D eigenvalue weighted by Crippen LogP contribution is -2.47. The Balaban J connectivity index is 2.27. The van der Waals surface area contributed by atoms with Crippen LogP contribution in [0.2, 0.25) is 5.02 Å². The molecule has 1 aliphatic rings. The lowest BCUT2D eigenvalue weighted by atomic mass is 9.85. The third kappa shape index (κ3) is 2.17. The van der Waals surface area contributed by atoms with Crippen molar-refractivity contribution in [1.82, 2.24) is 0 Å². The number of hydrogen-bond donors (Lipinski definition) is 3. The SMILES string of the molecule is CC1CC(O)(O)C(=O)C1(O)Cc1ccc(Cl)cc1. The van der Waals surface area contributed by atoms with E-state index in [-0.39, 0.29) is 12.8 Å². The number of rotatable bonds is 2. The molecule has 98 valence electrons. The highest BCUT2D eigenvalue weighted by atomic mass is 35.5. The summed E-state index contributed by atoms with van der Waals surface area (Å²) >= 11 is 5.76. The average Bonchev–Trinajstić information content (AvgIpc) is 2.43. The van der Waals surface area contributed by atoms with Crippen LogP contribution >= 0.6 is 11.6 Å². The van der Waals surface area contributed by atoms with Gasteiger partial charge in [-0.25, -0.2) is 0 Å². The zero-order valence-electron chi connectivity index (χ0n) is 9.93. The first-order valence-electron chi connectivity index (χ1n) is 5.72. The summed E-state index contributed by atoms with van der Waals surface area (Å²) in [5.41, 5.74) is -1.02. The van der Waals surface area contributed by atoms with E-state index in [4.69, 9.17) is 11.6 Å². The molecule has 2 unspecified atom stereocenters. The molecule has 0 radical (unpaired) electrons. The first kappa shape index (κ1) is 13.5. The van der Waals surface area contributed by atoms with Crippen molar-refractivity contribution in [3.8, 4) is 0 Å². The molecule has 1 saturated carbocycles. The Labute approximate surface area is 110 Å². The van der Waals surface area contributed by atoms with Crippen molar-refractivity contribution < 1.29 is 20.1 Å². The van der Waals surface area contributed by atoms with Crippen molar-refractivity contribution in [2.75, 3.05) is 0 Å². The highest BCUT2D eigenvalue weighted by Gasteiger charge is 2.59. The van der Waals surface area contributed by atoms with Crippen molar-refractivity contribution in [3.05, 3.63) is 34.9 Å². The quantitative estimate of drug-likeness (QED) is 0.698. The van der Waals surface area contributed by atoms with E-state index in [1.807, 2.05) is 0 Å². The van der Waals surface area contributed by atoms with Crippen molar-refractivity contribution in [2.24, 2.45) is 5.92 Å². The molecule has 1 fully saturated rings. The van der Waals surface area contributed by atoms with Gasteiger partial charge in [0.05, 0.1) is 0 Å². The fourth-order valence-electron chi connectivity index (χ4n) is 2.43. The average molecular weight is 271 g/mol. The van der Waals surface area contributed by atoms with Crippen molar-refractivity contribution in [2.45, 2.75) is 31.2 Å². The van der Waals surface area contributed by atoms with Crippen LogP contribution in [0.15, 0.2) is 24.3 Å². The largest absolute Gasteiger partial charge is 0.381 e. The maximum Gasteiger partial charge on any atom is 0.227 e. The number of benzene rings is 1. The summed E-state index contributed by atoms with van der Waals surface area (Å²) in [6, 6.07) is 6.73. The Morgan fingerprint density at radius 1 is 1.28 bits per heavy atom. The van der Waals surface area contributed by atoms with Gasteiger partial charge in [-0.05, 0) is 23.6 Å². The van der Waals surface area contributed by atoms with Crippen molar-refractivity contribution >= 4 is 17.4 Å². The van der Waals surface area contributed by atoms with Gasteiger partial charge in [0.1, 0.15) is 5.60 Å². The normalized spacial score (nSPS) is 30.7. The summed E-state index contributed by atoms with van der Waals surface area (Å²) in [6.07, 6.45) is -0.108. The van der Waals surface area contributed by atoms with Crippen LogP contribution < -0.4 is 0 Å². The topological polar surface area (TPSA) is 77.8 Å². The van der Waals surface area contributed by atoms with Gasteiger partial charge in [-0.3, -0.25) is 4.79 Å². The van der Waals surface area contributed by atoms with Gasteiger partial charge in [0.15, 0.2) is 0 Å². The molecule has 5 heteroatoms. The molecule has 3 N–H and O–H groups in total. The summed E-state index contributed by atoms with van der Waals surface area (Å²) in [4.78, 5) is 11.9. The number of ketones is 1. The van der Waals surface area contributed by atoms with Crippen molar-refractivity contribution in [3.63, 3.8) is 0 Å². The van der Waals surface area contributed by atoms with Crippen molar-refractivity contribution in [1.29, 1.82) is 0 Å². The molecule has 18 heavy (non-hydrogen) atoms. The molecule has 4 nitrogen and oxygen atoms in total. The highest BCUT2D eigenvalue weighted by molar-refractivity contribution is 6.30. The van der Waals surface area contributed by atoms with Crippen LogP contribution in [0.1, 0.15) is 18.9 Å². The molecule has 2 rings (SSSR count). The second-order valence-electron chi connectivity index (χ2n) is 4.98. The molecule has 0 amide bonds. The molecule has 0 saturated heterocycles. The van der Waals surface area contributed by atoms with Gasteiger partial charge in [0, 0.05) is 17.9 Å². The lowest BCUT2D eigenvalue weighted by molar-refractivity contribution is -0.183. The zero-order chi connectivity index (χ0) is 13.6. The summed E-state index contributed by atoms with van der Waals surface area (Å²) in [7, 11) is 0. The molecule has 0 spiro atoms. The Kier molecular flexibility index (Phi) is 3.23. The van der Waals surface area contributed by atoms with Crippen LogP contribution in [0.4, 0.5) is 0 Å². The van der Waals surface area contributed by atoms with E-state index in [1.54, 1.807) is 31.2 Å². The third-order valence-corrected chi connectivity index (χ3v) is 3.80. The molecule has 2 atom stereocenters. The van der Waals surface area contributed by atoms with Crippen LogP contribution in [0.3, 0.4) is 0 Å². The first-order chi connectivity index (χ1) is 8.25. The minimum Gasteiger partial charge on any atom is -0.381 e. The zero-order valence-corrected chi connectivity index (χ0v) is 10.7. The predicted octanol–water partition coefficient (Wildman–Crippen LogP) is 0.903. The Morgan fingerprint density at radius 2 is 1.83 bits per heavy atom. The summed E-state index contributed by atoms with van der Waals surface area (Å²) in [6.45, 7) is 1.63. The summed E-state index contributed by atoms with van der Waals surface area (Å²) in [5, 5.41) is 30.0. The molecular weight excluding hydrogens is 256 g/mol. The van der Waals surface area contributed by atoms with E-state index in [2.05, 4.69) is 0 Å². The van der Waals surface area contributed by atoms with Gasteiger partial charge in [-0.2, -0.15) is 0 Å². The van der Waals surface area contributed by atoms with Gasteiger partial charge in [-0.1, -0.05) is 30.7 Å². The van der Waals surface area contributed by atoms with Gasteiger partial charge >= 0.3 is 0 Å². The standard InChI is InChI=1S/C13H15ClO4/c1-8-6-13(17,18)11(15)12(8,16)7-9-2-4-10(14)5-3-9/h2-5,8,16-18H,6-7H2,1H3. The fraction of sp³-hybridized carbons (Fsp3) is 0.462. The molecule has 0 heterocycles. The molecule has 1 aliphatic carbocycles. The first-order valence-corrected chi connectivity index (χ1v) is 6.10.